The second-order valence-electron chi connectivity index (χ2n) is 4.74. The van der Waals surface area contributed by atoms with Gasteiger partial charge in [-0.05, 0) is 45.0 Å². The number of para-hydroxylation sites is 1. The Morgan fingerprint density at radius 1 is 1.11 bits per heavy atom. The summed E-state index contributed by atoms with van der Waals surface area (Å²) in [7, 11) is 0. The predicted octanol–water partition coefficient (Wildman–Crippen LogP) is 3.39. The molecule has 1 aromatic carbocycles. The zero-order valence-electron chi connectivity index (χ0n) is 12.3. The molecule has 0 saturated carbocycles. The van der Waals surface area contributed by atoms with Crippen LogP contribution in [0.4, 0.5) is 0 Å². The van der Waals surface area contributed by atoms with Crippen molar-refractivity contribution in [2.75, 3.05) is 26.2 Å². The van der Waals surface area contributed by atoms with Crippen LogP contribution in [0.3, 0.4) is 0 Å². The number of nitrogens with zero attached hydrogens (tertiary/aromatic N) is 1. The average Bonchev–Trinajstić information content (AvgIpc) is 2.39. The van der Waals surface area contributed by atoms with Gasteiger partial charge in [0, 0.05) is 6.54 Å². The molecule has 3 nitrogen and oxygen atoms in total. The molecule has 0 heterocycles. The van der Waals surface area contributed by atoms with Gasteiger partial charge in [-0.1, -0.05) is 26.0 Å². The molecule has 0 unspecified atom stereocenters. The Bertz CT molecular complexity index is 384. The van der Waals surface area contributed by atoms with E-state index in [2.05, 4.69) is 18.7 Å². The van der Waals surface area contributed by atoms with Crippen LogP contribution in [0.1, 0.15) is 44.0 Å². The van der Waals surface area contributed by atoms with Crippen LogP contribution in [-0.4, -0.2) is 36.9 Å². The normalized spacial score (nSPS) is 10.7. The van der Waals surface area contributed by atoms with Crippen LogP contribution in [0.25, 0.3) is 0 Å². The molecule has 1 aromatic rings. The standard InChI is InChI=1S/C16H25NO2/c1-4-10-17(11-5-2)12-13-19-16-9-7-6-8-15(16)14(3)18/h6-9H,4-5,10-13H2,1-3H3. The molecule has 0 N–H and O–H groups in total. The van der Waals surface area contributed by atoms with Gasteiger partial charge in [0.15, 0.2) is 5.78 Å². The molecule has 0 spiro atoms. The Morgan fingerprint density at radius 2 is 1.74 bits per heavy atom. The molecule has 0 saturated heterocycles. The minimum Gasteiger partial charge on any atom is -0.491 e. The molecule has 0 bridgehead atoms. The van der Waals surface area contributed by atoms with Crippen LogP contribution < -0.4 is 4.74 Å². The highest BCUT2D eigenvalue weighted by atomic mass is 16.5. The van der Waals surface area contributed by atoms with Gasteiger partial charge in [0.1, 0.15) is 12.4 Å². The topological polar surface area (TPSA) is 29.5 Å². The van der Waals surface area contributed by atoms with Gasteiger partial charge in [0.2, 0.25) is 0 Å². The van der Waals surface area contributed by atoms with E-state index in [0.717, 1.165) is 32.5 Å². The maximum absolute atomic E-state index is 11.5. The summed E-state index contributed by atoms with van der Waals surface area (Å²) in [6, 6.07) is 7.44. The molecule has 0 amide bonds. The van der Waals surface area contributed by atoms with Crippen LogP contribution in [0.5, 0.6) is 5.75 Å². The lowest BCUT2D eigenvalue weighted by molar-refractivity contribution is 0.101. The van der Waals surface area contributed by atoms with E-state index in [1.807, 2.05) is 24.3 Å². The lowest BCUT2D eigenvalue weighted by atomic mass is 10.1. The molecule has 3 heteroatoms. The third kappa shape index (κ3) is 5.43. The monoisotopic (exact) mass is 263 g/mol. The summed E-state index contributed by atoms with van der Waals surface area (Å²) in [6.07, 6.45) is 2.31. The SMILES string of the molecule is CCCN(CCC)CCOc1ccccc1C(C)=O. The first-order valence-corrected chi connectivity index (χ1v) is 7.14. The summed E-state index contributed by atoms with van der Waals surface area (Å²) in [5, 5.41) is 0. The number of carbonyl (C=O) groups excluding carboxylic acids is 1. The summed E-state index contributed by atoms with van der Waals surface area (Å²) >= 11 is 0. The van der Waals surface area contributed by atoms with Crippen LogP contribution in [0.2, 0.25) is 0 Å². The number of ether oxygens (including phenoxy) is 1. The number of hydrogen-bond acceptors (Lipinski definition) is 3. The first-order chi connectivity index (χ1) is 9.19. The van der Waals surface area contributed by atoms with Gasteiger partial charge < -0.3 is 4.74 Å². The maximum atomic E-state index is 11.5. The molecular formula is C16H25NO2. The summed E-state index contributed by atoms with van der Waals surface area (Å²) in [6.45, 7) is 9.70. The molecule has 0 radical (unpaired) electrons. The fourth-order valence-electron chi connectivity index (χ4n) is 2.14. The van der Waals surface area contributed by atoms with Crippen LogP contribution in [-0.2, 0) is 0 Å². The Morgan fingerprint density at radius 3 is 2.32 bits per heavy atom. The van der Waals surface area contributed by atoms with E-state index in [1.54, 1.807) is 6.92 Å². The number of rotatable bonds is 9. The first kappa shape index (κ1) is 15.7. The quantitative estimate of drug-likeness (QED) is 0.640. The first-order valence-electron chi connectivity index (χ1n) is 7.14. The third-order valence-electron chi connectivity index (χ3n) is 3.01. The van der Waals surface area contributed by atoms with Gasteiger partial charge in [-0.25, -0.2) is 0 Å². The summed E-state index contributed by atoms with van der Waals surface area (Å²) in [4.78, 5) is 13.9. The van der Waals surface area contributed by atoms with Crippen molar-refractivity contribution in [3.05, 3.63) is 29.8 Å². The number of benzene rings is 1. The van der Waals surface area contributed by atoms with Crippen molar-refractivity contribution < 1.29 is 9.53 Å². The fourth-order valence-corrected chi connectivity index (χ4v) is 2.14. The number of ketones is 1. The fraction of sp³-hybridized carbons (Fsp3) is 0.562. The van der Waals surface area contributed by atoms with E-state index < -0.39 is 0 Å². The highest BCUT2D eigenvalue weighted by Gasteiger charge is 2.08. The highest BCUT2D eigenvalue weighted by molar-refractivity contribution is 5.96. The lowest BCUT2D eigenvalue weighted by Gasteiger charge is -2.21. The van der Waals surface area contributed by atoms with Crippen LogP contribution >= 0.6 is 0 Å². The smallest absolute Gasteiger partial charge is 0.163 e. The number of Topliss-reactive ketones (excluding diaryl/α,β-unsaturated/α-hetero) is 1. The summed E-state index contributed by atoms with van der Waals surface area (Å²) in [5.74, 6) is 0.748. The Hall–Kier alpha value is -1.35. The molecule has 1 rings (SSSR count). The van der Waals surface area contributed by atoms with E-state index >= 15 is 0 Å². The molecule has 0 aliphatic rings. The second-order valence-corrected chi connectivity index (χ2v) is 4.74. The van der Waals surface area contributed by atoms with E-state index in [1.165, 1.54) is 0 Å². The molecule has 0 aliphatic carbocycles. The van der Waals surface area contributed by atoms with Gasteiger partial charge in [0.25, 0.3) is 0 Å². The van der Waals surface area contributed by atoms with Crippen LogP contribution in [0, 0.1) is 0 Å². The molecule has 0 aliphatic heterocycles. The highest BCUT2D eigenvalue weighted by Crippen LogP contribution is 2.18. The van der Waals surface area contributed by atoms with Crippen molar-refractivity contribution in [3.63, 3.8) is 0 Å². The van der Waals surface area contributed by atoms with Gasteiger partial charge in [-0.3, -0.25) is 9.69 Å². The van der Waals surface area contributed by atoms with Crippen molar-refractivity contribution in [1.29, 1.82) is 0 Å². The largest absolute Gasteiger partial charge is 0.491 e. The second kappa shape index (κ2) is 8.70. The molecule has 0 fully saturated rings. The molecule has 0 atom stereocenters. The predicted molar refractivity (Wildman–Crippen MR) is 79.0 cm³/mol. The number of carbonyl (C=O) groups is 1. The van der Waals surface area contributed by atoms with Crippen molar-refractivity contribution >= 4 is 5.78 Å². The van der Waals surface area contributed by atoms with E-state index in [0.29, 0.717) is 17.9 Å². The zero-order valence-corrected chi connectivity index (χ0v) is 12.3. The van der Waals surface area contributed by atoms with Crippen molar-refractivity contribution in [1.82, 2.24) is 4.90 Å². The molecule has 106 valence electrons. The van der Waals surface area contributed by atoms with Crippen molar-refractivity contribution in [2.24, 2.45) is 0 Å². The van der Waals surface area contributed by atoms with Gasteiger partial charge >= 0.3 is 0 Å². The molecular weight excluding hydrogens is 238 g/mol. The van der Waals surface area contributed by atoms with E-state index in [-0.39, 0.29) is 5.78 Å². The van der Waals surface area contributed by atoms with Crippen LogP contribution in [0.15, 0.2) is 24.3 Å². The molecule has 0 aromatic heterocycles. The van der Waals surface area contributed by atoms with Crippen molar-refractivity contribution in [3.8, 4) is 5.75 Å². The Kier molecular flexibility index (Phi) is 7.19. The minimum atomic E-state index is 0.0505. The Balaban J connectivity index is 2.50. The van der Waals surface area contributed by atoms with Crippen molar-refractivity contribution in [2.45, 2.75) is 33.6 Å². The average molecular weight is 263 g/mol. The summed E-state index contributed by atoms with van der Waals surface area (Å²) in [5.41, 5.74) is 0.667. The third-order valence-corrected chi connectivity index (χ3v) is 3.01. The maximum Gasteiger partial charge on any atom is 0.163 e. The van der Waals surface area contributed by atoms with Gasteiger partial charge in [-0.2, -0.15) is 0 Å². The summed E-state index contributed by atoms with van der Waals surface area (Å²) < 4.78 is 5.76. The number of hydrogen-bond donors (Lipinski definition) is 0. The molecule has 19 heavy (non-hydrogen) atoms. The zero-order chi connectivity index (χ0) is 14.1. The van der Waals surface area contributed by atoms with E-state index in [9.17, 15) is 4.79 Å². The van der Waals surface area contributed by atoms with E-state index in [4.69, 9.17) is 4.74 Å². The van der Waals surface area contributed by atoms with Gasteiger partial charge in [0.05, 0.1) is 5.56 Å². The Labute approximate surface area is 116 Å². The minimum absolute atomic E-state index is 0.0505. The lowest BCUT2D eigenvalue weighted by Crippen LogP contribution is -2.30. The van der Waals surface area contributed by atoms with Gasteiger partial charge in [-0.15, -0.1) is 0 Å².